The molecule has 3 rings (SSSR count). The van der Waals surface area contributed by atoms with E-state index in [1.807, 2.05) is 31.2 Å². The van der Waals surface area contributed by atoms with Gasteiger partial charge in [0.1, 0.15) is 6.04 Å². The van der Waals surface area contributed by atoms with E-state index in [0.29, 0.717) is 44.6 Å². The van der Waals surface area contributed by atoms with Crippen molar-refractivity contribution in [3.8, 4) is 0 Å². The van der Waals surface area contributed by atoms with Gasteiger partial charge in [0.25, 0.3) is 5.91 Å². The summed E-state index contributed by atoms with van der Waals surface area (Å²) in [6.45, 7) is 4.07. The largest absolute Gasteiger partial charge is 0.344 e. The zero-order chi connectivity index (χ0) is 16.4. The standard InChI is InChI=1S/C17H21N3O3/c1-12-2-4-13(5-3-12)16(22)19-8-10-20(11-9-19)17(23)14-6-7-15(21)18-14/h2-5,14H,6-11H2,1H3,(H,18,21). The number of rotatable bonds is 2. The summed E-state index contributed by atoms with van der Waals surface area (Å²) in [4.78, 5) is 39.5. The summed E-state index contributed by atoms with van der Waals surface area (Å²) in [7, 11) is 0. The van der Waals surface area contributed by atoms with E-state index < -0.39 is 0 Å². The highest BCUT2D eigenvalue weighted by Gasteiger charge is 2.33. The predicted octanol–water partition coefficient (Wildman–Crippen LogP) is 0.558. The van der Waals surface area contributed by atoms with Crippen LogP contribution in [-0.2, 0) is 9.59 Å². The summed E-state index contributed by atoms with van der Waals surface area (Å²) in [6.07, 6.45) is 0.989. The molecule has 3 amide bonds. The van der Waals surface area contributed by atoms with Gasteiger partial charge in [-0.25, -0.2) is 0 Å². The number of amides is 3. The van der Waals surface area contributed by atoms with Crippen LogP contribution in [0.15, 0.2) is 24.3 Å². The molecule has 2 aliphatic heterocycles. The summed E-state index contributed by atoms with van der Waals surface area (Å²) in [5.74, 6) is -0.0823. The van der Waals surface area contributed by atoms with Crippen LogP contribution in [0.1, 0.15) is 28.8 Å². The molecule has 6 nitrogen and oxygen atoms in total. The lowest BCUT2D eigenvalue weighted by molar-refractivity contribution is -0.135. The Kier molecular flexibility index (Phi) is 4.32. The van der Waals surface area contributed by atoms with Crippen molar-refractivity contribution < 1.29 is 14.4 Å². The maximum absolute atomic E-state index is 12.5. The number of nitrogens with one attached hydrogen (secondary N) is 1. The average molecular weight is 315 g/mol. The van der Waals surface area contributed by atoms with E-state index in [9.17, 15) is 14.4 Å². The van der Waals surface area contributed by atoms with Crippen molar-refractivity contribution in [1.82, 2.24) is 15.1 Å². The van der Waals surface area contributed by atoms with Crippen LogP contribution in [0.25, 0.3) is 0 Å². The van der Waals surface area contributed by atoms with Gasteiger partial charge in [0.2, 0.25) is 11.8 Å². The van der Waals surface area contributed by atoms with Crippen LogP contribution < -0.4 is 5.32 Å². The molecule has 0 bridgehead atoms. The van der Waals surface area contributed by atoms with E-state index in [0.717, 1.165) is 5.56 Å². The average Bonchev–Trinajstić information content (AvgIpc) is 3.01. The molecule has 2 heterocycles. The van der Waals surface area contributed by atoms with Crippen molar-refractivity contribution in [1.29, 1.82) is 0 Å². The van der Waals surface area contributed by atoms with Crippen LogP contribution in [0.2, 0.25) is 0 Å². The van der Waals surface area contributed by atoms with Gasteiger partial charge in [-0.3, -0.25) is 14.4 Å². The van der Waals surface area contributed by atoms with Crippen LogP contribution in [0.3, 0.4) is 0 Å². The Labute approximate surface area is 135 Å². The van der Waals surface area contributed by atoms with Gasteiger partial charge in [0.15, 0.2) is 0 Å². The van der Waals surface area contributed by atoms with E-state index in [2.05, 4.69) is 5.32 Å². The molecule has 122 valence electrons. The van der Waals surface area contributed by atoms with E-state index in [4.69, 9.17) is 0 Å². The van der Waals surface area contributed by atoms with Gasteiger partial charge in [0.05, 0.1) is 0 Å². The molecular formula is C17H21N3O3. The zero-order valence-corrected chi connectivity index (χ0v) is 13.2. The fraction of sp³-hybridized carbons (Fsp3) is 0.471. The number of piperazine rings is 1. The Bertz CT molecular complexity index is 618. The Hall–Kier alpha value is -2.37. The lowest BCUT2D eigenvalue weighted by atomic mass is 10.1. The second-order valence-corrected chi connectivity index (χ2v) is 6.14. The SMILES string of the molecule is Cc1ccc(C(=O)N2CCN(C(=O)C3CCC(=O)N3)CC2)cc1. The molecule has 1 aromatic rings. The number of hydrogen-bond acceptors (Lipinski definition) is 3. The van der Waals surface area contributed by atoms with Crippen LogP contribution in [-0.4, -0.2) is 59.7 Å². The molecule has 0 spiro atoms. The lowest BCUT2D eigenvalue weighted by Crippen LogP contribution is -2.54. The number of carbonyl (C=O) groups excluding carboxylic acids is 3. The summed E-state index contributed by atoms with van der Waals surface area (Å²) in [6, 6.07) is 7.14. The van der Waals surface area contributed by atoms with Gasteiger partial charge >= 0.3 is 0 Å². The highest BCUT2D eigenvalue weighted by atomic mass is 16.2. The van der Waals surface area contributed by atoms with Crippen LogP contribution in [0.5, 0.6) is 0 Å². The van der Waals surface area contributed by atoms with Gasteiger partial charge < -0.3 is 15.1 Å². The zero-order valence-electron chi connectivity index (χ0n) is 13.2. The smallest absolute Gasteiger partial charge is 0.253 e. The maximum Gasteiger partial charge on any atom is 0.253 e. The van der Waals surface area contributed by atoms with Gasteiger partial charge in [-0.1, -0.05) is 17.7 Å². The molecule has 0 radical (unpaired) electrons. The molecule has 0 aromatic heterocycles. The van der Waals surface area contributed by atoms with Crippen molar-refractivity contribution in [2.45, 2.75) is 25.8 Å². The number of benzene rings is 1. The summed E-state index contributed by atoms with van der Waals surface area (Å²) in [5, 5.41) is 2.71. The van der Waals surface area contributed by atoms with E-state index in [1.54, 1.807) is 9.80 Å². The van der Waals surface area contributed by atoms with Crippen molar-refractivity contribution in [3.05, 3.63) is 35.4 Å². The molecule has 1 atom stereocenters. The molecule has 23 heavy (non-hydrogen) atoms. The Balaban J connectivity index is 1.55. The van der Waals surface area contributed by atoms with Crippen LogP contribution >= 0.6 is 0 Å². The normalized spacial score (nSPS) is 21.3. The van der Waals surface area contributed by atoms with Crippen molar-refractivity contribution in [2.24, 2.45) is 0 Å². The molecule has 6 heteroatoms. The monoisotopic (exact) mass is 315 g/mol. The molecule has 2 saturated heterocycles. The third kappa shape index (κ3) is 3.36. The minimum Gasteiger partial charge on any atom is -0.344 e. The fourth-order valence-electron chi connectivity index (χ4n) is 3.03. The minimum absolute atomic E-state index is 0.00580. The molecule has 1 unspecified atom stereocenters. The number of carbonyl (C=O) groups is 3. The summed E-state index contributed by atoms with van der Waals surface area (Å²) < 4.78 is 0. The van der Waals surface area contributed by atoms with Crippen LogP contribution in [0, 0.1) is 6.92 Å². The quantitative estimate of drug-likeness (QED) is 0.867. The third-order valence-corrected chi connectivity index (χ3v) is 4.47. The second-order valence-electron chi connectivity index (χ2n) is 6.14. The van der Waals surface area contributed by atoms with Crippen molar-refractivity contribution in [3.63, 3.8) is 0 Å². The summed E-state index contributed by atoms with van der Waals surface area (Å²) in [5.41, 5.74) is 1.80. The Morgan fingerprint density at radius 3 is 2.22 bits per heavy atom. The first-order valence-electron chi connectivity index (χ1n) is 7.99. The lowest BCUT2D eigenvalue weighted by Gasteiger charge is -2.36. The van der Waals surface area contributed by atoms with Gasteiger partial charge in [-0.05, 0) is 25.5 Å². The third-order valence-electron chi connectivity index (χ3n) is 4.47. The first kappa shape index (κ1) is 15.5. The van der Waals surface area contributed by atoms with Gasteiger partial charge in [-0.2, -0.15) is 0 Å². The Morgan fingerprint density at radius 1 is 1.04 bits per heavy atom. The number of hydrogen-bond donors (Lipinski definition) is 1. The van der Waals surface area contributed by atoms with Gasteiger partial charge in [-0.15, -0.1) is 0 Å². The predicted molar refractivity (Wildman–Crippen MR) is 84.8 cm³/mol. The summed E-state index contributed by atoms with van der Waals surface area (Å²) >= 11 is 0. The molecular weight excluding hydrogens is 294 g/mol. The second kappa shape index (κ2) is 6.40. The first-order valence-corrected chi connectivity index (χ1v) is 7.99. The molecule has 1 N–H and O–H groups in total. The topological polar surface area (TPSA) is 69.7 Å². The molecule has 1 aromatic carbocycles. The van der Waals surface area contributed by atoms with E-state index >= 15 is 0 Å². The van der Waals surface area contributed by atoms with Crippen molar-refractivity contribution in [2.75, 3.05) is 26.2 Å². The Morgan fingerprint density at radius 2 is 1.65 bits per heavy atom. The van der Waals surface area contributed by atoms with Gasteiger partial charge in [0, 0.05) is 38.2 Å². The fourth-order valence-corrected chi connectivity index (χ4v) is 3.03. The van der Waals surface area contributed by atoms with E-state index in [-0.39, 0.29) is 23.8 Å². The highest BCUT2D eigenvalue weighted by molar-refractivity contribution is 5.94. The number of nitrogens with zero attached hydrogens (tertiary/aromatic N) is 2. The maximum atomic E-state index is 12.5. The molecule has 0 aliphatic carbocycles. The van der Waals surface area contributed by atoms with Crippen LogP contribution in [0.4, 0.5) is 0 Å². The molecule has 0 saturated carbocycles. The van der Waals surface area contributed by atoms with Crippen molar-refractivity contribution >= 4 is 17.7 Å². The van der Waals surface area contributed by atoms with E-state index in [1.165, 1.54) is 0 Å². The first-order chi connectivity index (χ1) is 11.0. The molecule has 2 aliphatic rings. The number of aryl methyl sites for hydroxylation is 1. The minimum atomic E-state index is -0.387. The molecule has 2 fully saturated rings. The highest BCUT2D eigenvalue weighted by Crippen LogP contribution is 2.14.